The van der Waals surface area contributed by atoms with Crippen LogP contribution in [0.1, 0.15) is 34.7 Å². The second-order valence-electron chi connectivity index (χ2n) is 5.63. The summed E-state index contributed by atoms with van der Waals surface area (Å²) >= 11 is 1.61. The number of rotatable bonds is 3. The molecule has 1 fully saturated rings. The fourth-order valence-corrected chi connectivity index (χ4v) is 3.78. The number of fused-ring (bicyclic) bond motifs is 1. The number of carbonyl (C=O) groups is 1. The van der Waals surface area contributed by atoms with Crippen LogP contribution in [0.3, 0.4) is 0 Å². The Morgan fingerprint density at radius 3 is 3.13 bits per heavy atom. The summed E-state index contributed by atoms with van der Waals surface area (Å²) in [7, 11) is 1.65. The van der Waals surface area contributed by atoms with E-state index in [9.17, 15) is 4.79 Å². The predicted molar refractivity (Wildman–Crippen MR) is 84.4 cm³/mol. The molecular weight excluding hydrogens is 316 g/mol. The number of H-pyrrole nitrogens is 1. The first kappa shape index (κ1) is 14.4. The normalized spacial score (nSPS) is 21.4. The third kappa shape index (κ3) is 2.43. The molecule has 0 bridgehead atoms. The van der Waals surface area contributed by atoms with Crippen LogP contribution in [0.15, 0.2) is 22.0 Å². The number of thiophene rings is 1. The molecule has 0 spiro atoms. The SMILES string of the molecule is CO[C@H]1C[C@H](c2nc(C)no2)N(C(=O)c2cc3sccc3[nH]2)C1. The average molecular weight is 332 g/mol. The van der Waals surface area contributed by atoms with Crippen LogP contribution in [0.25, 0.3) is 10.2 Å². The third-order valence-electron chi connectivity index (χ3n) is 4.16. The van der Waals surface area contributed by atoms with Crippen molar-refractivity contribution in [3.05, 3.63) is 34.9 Å². The minimum Gasteiger partial charge on any atom is -0.380 e. The number of hydrogen-bond acceptors (Lipinski definition) is 6. The van der Waals surface area contributed by atoms with Crippen LogP contribution in [-0.4, -0.2) is 45.7 Å². The molecule has 1 N–H and O–H groups in total. The fourth-order valence-electron chi connectivity index (χ4n) is 2.99. The van der Waals surface area contributed by atoms with Crippen LogP contribution in [0.4, 0.5) is 0 Å². The van der Waals surface area contributed by atoms with Gasteiger partial charge < -0.3 is 19.1 Å². The highest BCUT2D eigenvalue weighted by molar-refractivity contribution is 7.17. The van der Waals surface area contributed by atoms with E-state index >= 15 is 0 Å². The van der Waals surface area contributed by atoms with Crippen LogP contribution in [0, 0.1) is 6.92 Å². The van der Waals surface area contributed by atoms with E-state index in [0.29, 0.717) is 30.4 Å². The molecule has 0 aliphatic carbocycles. The monoisotopic (exact) mass is 332 g/mol. The van der Waals surface area contributed by atoms with Gasteiger partial charge in [0, 0.05) is 20.1 Å². The number of ether oxygens (including phenoxy) is 1. The minimum absolute atomic E-state index is 0.0350. The molecule has 0 radical (unpaired) electrons. The van der Waals surface area contributed by atoms with Crippen molar-refractivity contribution in [2.24, 2.45) is 0 Å². The Hall–Kier alpha value is -2.19. The van der Waals surface area contributed by atoms with Gasteiger partial charge in [0.2, 0.25) is 5.89 Å². The van der Waals surface area contributed by atoms with Gasteiger partial charge in [-0.1, -0.05) is 5.16 Å². The van der Waals surface area contributed by atoms with Gasteiger partial charge in [0.15, 0.2) is 5.82 Å². The van der Waals surface area contributed by atoms with Gasteiger partial charge in [-0.05, 0) is 24.4 Å². The summed E-state index contributed by atoms with van der Waals surface area (Å²) in [6.07, 6.45) is 0.617. The molecule has 1 saturated heterocycles. The lowest BCUT2D eigenvalue weighted by atomic mass is 10.2. The number of nitrogens with one attached hydrogen (secondary N) is 1. The smallest absolute Gasteiger partial charge is 0.271 e. The van der Waals surface area contributed by atoms with Crippen molar-refractivity contribution in [3.8, 4) is 0 Å². The van der Waals surface area contributed by atoms with Crippen LogP contribution < -0.4 is 0 Å². The summed E-state index contributed by atoms with van der Waals surface area (Å²) in [5.41, 5.74) is 1.55. The largest absolute Gasteiger partial charge is 0.380 e. The summed E-state index contributed by atoms with van der Waals surface area (Å²) in [6, 6.07) is 3.60. The van der Waals surface area contributed by atoms with Gasteiger partial charge in [-0.25, -0.2) is 0 Å². The highest BCUT2D eigenvalue weighted by Gasteiger charge is 2.40. The van der Waals surface area contributed by atoms with E-state index < -0.39 is 0 Å². The van der Waals surface area contributed by atoms with E-state index in [1.165, 1.54) is 0 Å². The predicted octanol–water partition coefficient (Wildman–Crippen LogP) is 2.52. The molecule has 7 nitrogen and oxygen atoms in total. The second kappa shape index (κ2) is 5.47. The van der Waals surface area contributed by atoms with Gasteiger partial charge in [0.25, 0.3) is 5.91 Å². The van der Waals surface area contributed by atoms with E-state index in [4.69, 9.17) is 9.26 Å². The van der Waals surface area contributed by atoms with Gasteiger partial charge >= 0.3 is 0 Å². The lowest BCUT2D eigenvalue weighted by Gasteiger charge is -2.20. The zero-order valence-electron chi connectivity index (χ0n) is 12.8. The standard InChI is InChI=1S/C15H16N4O3S/c1-8-16-14(22-18-8)12-5-9(21-2)7-19(12)15(20)11-6-13-10(17-11)3-4-23-13/h3-4,6,9,12,17H,5,7H2,1-2H3/t9-,12+/m0/s1. The number of carbonyl (C=O) groups excluding carboxylic acids is 1. The van der Waals surface area contributed by atoms with E-state index in [0.717, 1.165) is 10.2 Å². The average Bonchev–Trinajstić information content (AvgIpc) is 3.28. The van der Waals surface area contributed by atoms with Gasteiger partial charge in [-0.2, -0.15) is 4.98 Å². The molecule has 3 aromatic rings. The first-order valence-corrected chi connectivity index (χ1v) is 8.24. The number of aromatic nitrogens is 3. The van der Waals surface area contributed by atoms with Gasteiger partial charge in [-0.3, -0.25) is 4.79 Å². The Labute approximate surface area is 136 Å². The van der Waals surface area contributed by atoms with Crippen molar-refractivity contribution >= 4 is 27.5 Å². The van der Waals surface area contributed by atoms with Crippen molar-refractivity contribution in [1.82, 2.24) is 20.0 Å². The van der Waals surface area contributed by atoms with Crippen LogP contribution in [-0.2, 0) is 4.74 Å². The van der Waals surface area contributed by atoms with Gasteiger partial charge in [0.05, 0.1) is 16.3 Å². The van der Waals surface area contributed by atoms with Crippen LogP contribution in [0.2, 0.25) is 0 Å². The molecule has 4 rings (SSSR count). The maximum Gasteiger partial charge on any atom is 0.271 e. The molecule has 8 heteroatoms. The Morgan fingerprint density at radius 1 is 1.57 bits per heavy atom. The van der Waals surface area contributed by atoms with Gasteiger partial charge in [0.1, 0.15) is 11.7 Å². The van der Waals surface area contributed by atoms with E-state index in [-0.39, 0.29) is 18.1 Å². The highest BCUT2D eigenvalue weighted by Crippen LogP contribution is 2.34. The number of methoxy groups -OCH3 is 1. The van der Waals surface area contributed by atoms with Crippen molar-refractivity contribution in [3.63, 3.8) is 0 Å². The molecule has 120 valence electrons. The Kier molecular flexibility index (Phi) is 3.42. The van der Waals surface area contributed by atoms with E-state index in [1.54, 1.807) is 30.3 Å². The number of aryl methyl sites for hydroxylation is 1. The second-order valence-corrected chi connectivity index (χ2v) is 6.58. The number of amides is 1. The molecule has 4 heterocycles. The summed E-state index contributed by atoms with van der Waals surface area (Å²) in [6.45, 7) is 2.27. The maximum absolute atomic E-state index is 12.9. The molecule has 1 amide bonds. The molecule has 0 saturated carbocycles. The van der Waals surface area contributed by atoms with Crippen molar-refractivity contribution in [2.75, 3.05) is 13.7 Å². The zero-order valence-corrected chi connectivity index (χ0v) is 13.6. The summed E-state index contributed by atoms with van der Waals surface area (Å²) in [4.78, 5) is 22.1. The first-order valence-electron chi connectivity index (χ1n) is 7.36. The quantitative estimate of drug-likeness (QED) is 0.797. The highest BCUT2D eigenvalue weighted by atomic mass is 32.1. The van der Waals surface area contributed by atoms with Crippen LogP contribution >= 0.6 is 11.3 Å². The Bertz CT molecular complexity index is 823. The number of nitrogens with zero attached hydrogens (tertiary/aromatic N) is 3. The van der Waals surface area contributed by atoms with E-state index in [1.807, 2.05) is 17.5 Å². The fraction of sp³-hybridized carbons (Fsp3) is 0.400. The topological polar surface area (TPSA) is 84.2 Å². The number of hydrogen-bond donors (Lipinski definition) is 1. The van der Waals surface area contributed by atoms with Crippen molar-refractivity contribution in [2.45, 2.75) is 25.5 Å². The molecule has 1 aliphatic rings. The van der Waals surface area contributed by atoms with Crippen LogP contribution in [0.5, 0.6) is 0 Å². The maximum atomic E-state index is 12.9. The lowest BCUT2D eigenvalue weighted by Crippen LogP contribution is -2.32. The summed E-state index contributed by atoms with van der Waals surface area (Å²) in [5, 5.41) is 5.83. The Balaban J connectivity index is 1.66. The molecule has 23 heavy (non-hydrogen) atoms. The van der Waals surface area contributed by atoms with E-state index in [2.05, 4.69) is 15.1 Å². The molecule has 2 atom stereocenters. The van der Waals surface area contributed by atoms with Crippen molar-refractivity contribution < 1.29 is 14.1 Å². The third-order valence-corrected chi connectivity index (χ3v) is 5.02. The minimum atomic E-state index is -0.255. The van der Waals surface area contributed by atoms with Crippen molar-refractivity contribution in [1.29, 1.82) is 0 Å². The van der Waals surface area contributed by atoms with Gasteiger partial charge in [-0.15, -0.1) is 11.3 Å². The number of aromatic amines is 1. The first-order chi connectivity index (χ1) is 11.2. The molecule has 0 unspecified atom stereocenters. The molecule has 3 aromatic heterocycles. The summed E-state index contributed by atoms with van der Waals surface area (Å²) < 4.78 is 11.8. The number of likely N-dealkylation sites (tertiary alicyclic amines) is 1. The molecule has 1 aliphatic heterocycles. The summed E-state index contributed by atoms with van der Waals surface area (Å²) in [5.74, 6) is 0.950. The molecule has 0 aromatic carbocycles. The molecular formula is C15H16N4O3S. The Morgan fingerprint density at radius 2 is 2.43 bits per heavy atom. The zero-order chi connectivity index (χ0) is 16.0. The lowest BCUT2D eigenvalue weighted by molar-refractivity contribution is 0.0666.